The summed E-state index contributed by atoms with van der Waals surface area (Å²) in [5.74, 6) is 0.356. The summed E-state index contributed by atoms with van der Waals surface area (Å²) in [6.07, 6.45) is -4.80. The van der Waals surface area contributed by atoms with Crippen molar-refractivity contribution in [3.05, 3.63) is 29.5 Å². The number of ether oxygens (including phenoxy) is 1. The number of methoxy groups -OCH3 is 1. The minimum absolute atomic E-state index is 0.00796. The molecule has 0 aliphatic rings. The fourth-order valence-electron chi connectivity index (χ4n) is 2.34. The molecule has 0 spiro atoms. The molecule has 0 amide bonds. The third-order valence-corrected chi connectivity index (χ3v) is 3.03. The van der Waals surface area contributed by atoms with E-state index in [9.17, 15) is 13.2 Å². The minimum Gasteiger partial charge on any atom is -0.495 e. The average molecular weight is 268 g/mol. The van der Waals surface area contributed by atoms with Crippen LogP contribution in [0.15, 0.2) is 18.2 Å². The number of nitriles is 1. The fourth-order valence-corrected chi connectivity index (χ4v) is 2.34. The Morgan fingerprint density at radius 1 is 1.37 bits per heavy atom. The lowest BCUT2D eigenvalue weighted by Crippen LogP contribution is -2.13. The number of hydrogen-bond donors (Lipinski definition) is 0. The number of aromatic nitrogens is 1. The van der Waals surface area contributed by atoms with Crippen LogP contribution in [-0.2, 0) is 19.6 Å². The predicted molar refractivity (Wildman–Crippen MR) is 63.8 cm³/mol. The highest BCUT2D eigenvalue weighted by atomic mass is 19.4. The molecule has 0 N–H and O–H groups in total. The number of alkyl halides is 3. The van der Waals surface area contributed by atoms with Crippen LogP contribution in [-0.4, -0.2) is 11.7 Å². The van der Waals surface area contributed by atoms with Crippen molar-refractivity contribution < 1.29 is 17.9 Å². The molecule has 100 valence electrons. The summed E-state index contributed by atoms with van der Waals surface area (Å²) in [7, 11) is 2.73. The molecule has 1 aromatic carbocycles. The fraction of sp³-hybridized carbons (Fsp3) is 0.308. The first-order valence-corrected chi connectivity index (χ1v) is 5.50. The van der Waals surface area contributed by atoms with Crippen LogP contribution in [0.2, 0.25) is 0 Å². The molecule has 1 aromatic heterocycles. The number of nitrogens with zero attached hydrogens (tertiary/aromatic N) is 2. The van der Waals surface area contributed by atoms with E-state index in [1.165, 1.54) is 14.2 Å². The van der Waals surface area contributed by atoms with Crippen LogP contribution in [0, 0.1) is 11.3 Å². The van der Waals surface area contributed by atoms with Crippen molar-refractivity contribution in [3.63, 3.8) is 0 Å². The van der Waals surface area contributed by atoms with Gasteiger partial charge in [-0.25, -0.2) is 0 Å². The van der Waals surface area contributed by atoms with E-state index in [1.54, 1.807) is 24.3 Å². The molecule has 1 heterocycles. The maximum Gasteiger partial charge on any atom is 0.431 e. The van der Waals surface area contributed by atoms with Gasteiger partial charge >= 0.3 is 6.18 Å². The van der Waals surface area contributed by atoms with Crippen LogP contribution in [0.1, 0.15) is 11.3 Å². The SMILES string of the molecule is COc1cccc2c(CC#N)c(C(F)(F)F)n(C)c12. The summed E-state index contributed by atoms with van der Waals surface area (Å²) in [6, 6.07) is 6.56. The van der Waals surface area contributed by atoms with Gasteiger partial charge in [-0.1, -0.05) is 12.1 Å². The first-order chi connectivity index (χ1) is 8.91. The van der Waals surface area contributed by atoms with Crippen LogP contribution in [0.25, 0.3) is 10.9 Å². The summed E-state index contributed by atoms with van der Waals surface area (Å²) in [5, 5.41) is 9.15. The van der Waals surface area contributed by atoms with Crippen LogP contribution in [0.5, 0.6) is 5.75 Å². The number of benzene rings is 1. The quantitative estimate of drug-likeness (QED) is 0.838. The Balaban J connectivity index is 2.92. The van der Waals surface area contributed by atoms with E-state index in [0.717, 1.165) is 4.57 Å². The highest BCUT2D eigenvalue weighted by Gasteiger charge is 2.38. The van der Waals surface area contributed by atoms with Gasteiger partial charge in [-0.2, -0.15) is 18.4 Å². The largest absolute Gasteiger partial charge is 0.495 e. The molecule has 6 heteroatoms. The van der Waals surface area contributed by atoms with E-state index in [1.807, 2.05) is 0 Å². The van der Waals surface area contributed by atoms with Crippen molar-refractivity contribution in [1.29, 1.82) is 5.26 Å². The molecule has 0 fully saturated rings. The van der Waals surface area contributed by atoms with Crippen molar-refractivity contribution in [2.24, 2.45) is 7.05 Å². The topological polar surface area (TPSA) is 37.9 Å². The van der Waals surface area contributed by atoms with Crippen LogP contribution in [0.4, 0.5) is 13.2 Å². The van der Waals surface area contributed by atoms with Crippen molar-refractivity contribution in [1.82, 2.24) is 4.57 Å². The normalized spacial score (nSPS) is 11.6. The Morgan fingerprint density at radius 3 is 2.58 bits per heavy atom. The first-order valence-electron chi connectivity index (χ1n) is 5.50. The molecule has 0 radical (unpaired) electrons. The summed E-state index contributed by atoms with van der Waals surface area (Å²) in [6.45, 7) is 0. The Morgan fingerprint density at radius 2 is 2.05 bits per heavy atom. The molecule has 0 aliphatic heterocycles. The molecule has 0 atom stereocenters. The zero-order chi connectivity index (χ0) is 14.2. The molecule has 2 aromatic rings. The molecule has 0 aliphatic carbocycles. The average Bonchev–Trinajstić information content (AvgIpc) is 2.63. The lowest BCUT2D eigenvalue weighted by atomic mass is 10.1. The number of halogens is 3. The number of rotatable bonds is 2. The van der Waals surface area contributed by atoms with Crippen molar-refractivity contribution in [3.8, 4) is 11.8 Å². The van der Waals surface area contributed by atoms with Crippen LogP contribution >= 0.6 is 0 Å². The first kappa shape index (κ1) is 13.3. The molecule has 3 nitrogen and oxygen atoms in total. The number of para-hydroxylation sites is 1. The van der Waals surface area contributed by atoms with Gasteiger partial charge < -0.3 is 9.30 Å². The van der Waals surface area contributed by atoms with E-state index in [4.69, 9.17) is 10.00 Å². The number of aryl methyl sites for hydroxylation is 1. The van der Waals surface area contributed by atoms with Gasteiger partial charge in [-0.05, 0) is 6.07 Å². The van der Waals surface area contributed by atoms with E-state index in [2.05, 4.69) is 0 Å². The maximum absolute atomic E-state index is 13.1. The summed E-state index contributed by atoms with van der Waals surface area (Å²) < 4.78 is 45.5. The standard InChI is InChI=1S/C13H11F3N2O/c1-18-11-8(4-3-5-10(11)19-2)9(6-7-17)12(18)13(14,15)16/h3-5H,6H2,1-2H3. The molecule has 0 saturated heterocycles. The monoisotopic (exact) mass is 268 g/mol. The third kappa shape index (κ3) is 2.01. The zero-order valence-electron chi connectivity index (χ0n) is 10.4. The molecule has 0 saturated carbocycles. The Labute approximate surface area is 107 Å². The second-order valence-corrected chi connectivity index (χ2v) is 4.08. The summed E-state index contributed by atoms with van der Waals surface area (Å²) >= 11 is 0. The second-order valence-electron chi connectivity index (χ2n) is 4.08. The van der Waals surface area contributed by atoms with Gasteiger partial charge in [-0.15, -0.1) is 0 Å². The number of hydrogen-bond acceptors (Lipinski definition) is 2. The van der Waals surface area contributed by atoms with Gasteiger partial charge in [0, 0.05) is 18.0 Å². The lowest BCUT2D eigenvalue weighted by Gasteiger charge is -2.10. The molecule has 0 bridgehead atoms. The van der Waals surface area contributed by atoms with Crippen LogP contribution in [0.3, 0.4) is 0 Å². The van der Waals surface area contributed by atoms with E-state index in [0.29, 0.717) is 16.7 Å². The van der Waals surface area contributed by atoms with E-state index >= 15 is 0 Å². The molecular weight excluding hydrogens is 257 g/mol. The zero-order valence-corrected chi connectivity index (χ0v) is 10.4. The predicted octanol–water partition coefficient (Wildman–Crippen LogP) is 3.27. The van der Waals surface area contributed by atoms with Crippen LogP contribution < -0.4 is 4.74 Å². The van der Waals surface area contributed by atoms with Gasteiger partial charge in [0.05, 0.1) is 25.1 Å². The van der Waals surface area contributed by atoms with Gasteiger partial charge in [-0.3, -0.25) is 0 Å². The number of fused-ring (bicyclic) bond motifs is 1. The highest BCUT2D eigenvalue weighted by Crippen LogP contribution is 2.40. The van der Waals surface area contributed by atoms with Gasteiger partial charge in [0.1, 0.15) is 11.4 Å². The molecule has 2 rings (SSSR count). The Bertz CT molecular complexity index is 665. The Hall–Kier alpha value is -2.16. The lowest BCUT2D eigenvalue weighted by molar-refractivity contribution is -0.143. The molecular formula is C13H11F3N2O. The third-order valence-electron chi connectivity index (χ3n) is 3.03. The Kier molecular flexibility index (Phi) is 3.14. The second kappa shape index (κ2) is 4.50. The highest BCUT2D eigenvalue weighted by molar-refractivity contribution is 5.90. The van der Waals surface area contributed by atoms with Crippen molar-refractivity contribution >= 4 is 10.9 Å². The van der Waals surface area contributed by atoms with Crippen molar-refractivity contribution in [2.45, 2.75) is 12.6 Å². The summed E-state index contributed by atoms with van der Waals surface area (Å²) in [4.78, 5) is 0. The van der Waals surface area contributed by atoms with Gasteiger partial charge in [0.25, 0.3) is 0 Å². The maximum atomic E-state index is 13.1. The minimum atomic E-state index is -4.51. The summed E-state index contributed by atoms with van der Waals surface area (Å²) in [5.41, 5.74) is -0.456. The van der Waals surface area contributed by atoms with E-state index in [-0.39, 0.29) is 12.0 Å². The smallest absolute Gasteiger partial charge is 0.431 e. The molecule has 0 unspecified atom stereocenters. The molecule has 19 heavy (non-hydrogen) atoms. The van der Waals surface area contributed by atoms with Gasteiger partial charge in [0.2, 0.25) is 0 Å². The van der Waals surface area contributed by atoms with Crippen molar-refractivity contribution in [2.75, 3.05) is 7.11 Å². The van der Waals surface area contributed by atoms with E-state index < -0.39 is 11.9 Å². The van der Waals surface area contributed by atoms with Gasteiger partial charge in [0.15, 0.2) is 0 Å².